The van der Waals surface area contributed by atoms with Crippen molar-refractivity contribution in [2.45, 2.75) is 31.1 Å². The number of aromatic nitrogens is 3. The van der Waals surface area contributed by atoms with Crippen LogP contribution in [0.25, 0.3) is 21.8 Å². The molecule has 10 heteroatoms. The van der Waals surface area contributed by atoms with Crippen LogP contribution in [0.3, 0.4) is 0 Å². The molecule has 170 valence electrons. The van der Waals surface area contributed by atoms with Gasteiger partial charge in [0.1, 0.15) is 11.6 Å². The summed E-state index contributed by atoms with van der Waals surface area (Å²) in [5, 5.41) is 0.867. The van der Waals surface area contributed by atoms with Gasteiger partial charge in [-0.05, 0) is 53.9 Å². The maximum atomic E-state index is 15.6. The van der Waals surface area contributed by atoms with Crippen LogP contribution in [0.5, 0.6) is 0 Å². The van der Waals surface area contributed by atoms with E-state index in [-0.39, 0.29) is 26.8 Å². The van der Waals surface area contributed by atoms with Gasteiger partial charge >= 0.3 is 0 Å². The van der Waals surface area contributed by atoms with Gasteiger partial charge in [0.15, 0.2) is 5.82 Å². The minimum Gasteiger partial charge on any atom is -0.323 e. The molecule has 2 heterocycles. The number of thiazole rings is 1. The summed E-state index contributed by atoms with van der Waals surface area (Å²) in [4.78, 5) is 13.3. The summed E-state index contributed by atoms with van der Waals surface area (Å²) >= 11 is 8.05. The molecule has 2 aromatic heterocycles. The van der Waals surface area contributed by atoms with E-state index in [0.29, 0.717) is 28.2 Å². The Bertz CT molecular complexity index is 1300. The predicted octanol–water partition coefficient (Wildman–Crippen LogP) is 7.75. The standard InChI is InChI=1S/C23H18ClF3N4S2/c1-23(2,3)21-30-18(20(32-21)16-10-11-28-22(24)29-16)12-6-4-9-15(17(12)27)31-33-19-13(25)7-5-8-14(19)26/h4-11,31H,1-3H3. The Balaban J connectivity index is 1.77. The molecule has 0 amide bonds. The van der Waals surface area contributed by atoms with Gasteiger partial charge in [0, 0.05) is 17.2 Å². The van der Waals surface area contributed by atoms with Crippen molar-refractivity contribution in [3.8, 4) is 21.8 Å². The molecule has 0 aliphatic carbocycles. The zero-order chi connectivity index (χ0) is 23.8. The molecule has 4 aromatic rings. The molecule has 2 aromatic carbocycles. The molecule has 0 aliphatic rings. The summed E-state index contributed by atoms with van der Waals surface area (Å²) in [5.41, 5.74) is 0.948. The maximum Gasteiger partial charge on any atom is 0.222 e. The smallest absolute Gasteiger partial charge is 0.222 e. The molecular formula is C23H18ClF3N4S2. The van der Waals surface area contributed by atoms with Gasteiger partial charge in [-0.15, -0.1) is 11.3 Å². The molecular weight excluding hydrogens is 489 g/mol. The monoisotopic (exact) mass is 506 g/mol. The Labute approximate surface area is 202 Å². The van der Waals surface area contributed by atoms with Gasteiger partial charge in [0.05, 0.1) is 31.9 Å². The van der Waals surface area contributed by atoms with Crippen LogP contribution in [0.15, 0.2) is 53.6 Å². The fourth-order valence-corrected chi connectivity index (χ4v) is 4.89. The van der Waals surface area contributed by atoms with E-state index in [1.165, 1.54) is 29.7 Å². The highest BCUT2D eigenvalue weighted by atomic mass is 35.5. The minimum atomic E-state index is -0.735. The zero-order valence-electron chi connectivity index (χ0n) is 17.8. The number of anilines is 1. The summed E-state index contributed by atoms with van der Waals surface area (Å²) in [5.74, 6) is -2.07. The summed E-state index contributed by atoms with van der Waals surface area (Å²) in [6.07, 6.45) is 1.53. The average Bonchev–Trinajstić information content (AvgIpc) is 3.20. The van der Waals surface area contributed by atoms with Crippen LogP contribution in [0.2, 0.25) is 5.28 Å². The molecule has 0 unspecified atom stereocenters. The van der Waals surface area contributed by atoms with Crippen LogP contribution in [0.4, 0.5) is 18.9 Å². The number of nitrogens with one attached hydrogen (secondary N) is 1. The number of hydrogen-bond donors (Lipinski definition) is 1. The molecule has 4 nitrogen and oxygen atoms in total. The van der Waals surface area contributed by atoms with Crippen molar-refractivity contribution < 1.29 is 13.2 Å². The normalized spacial score (nSPS) is 11.6. The predicted molar refractivity (Wildman–Crippen MR) is 128 cm³/mol. The molecule has 0 saturated carbocycles. The van der Waals surface area contributed by atoms with E-state index in [0.717, 1.165) is 17.1 Å². The molecule has 0 spiro atoms. The molecule has 0 radical (unpaired) electrons. The lowest BCUT2D eigenvalue weighted by atomic mass is 9.98. The van der Waals surface area contributed by atoms with Crippen molar-refractivity contribution in [2.75, 3.05) is 4.72 Å². The highest BCUT2D eigenvalue weighted by Crippen LogP contribution is 2.42. The fraction of sp³-hybridized carbons (Fsp3) is 0.174. The van der Waals surface area contributed by atoms with Crippen LogP contribution in [0, 0.1) is 17.5 Å². The van der Waals surface area contributed by atoms with E-state index < -0.39 is 17.5 Å². The maximum absolute atomic E-state index is 15.6. The van der Waals surface area contributed by atoms with Gasteiger partial charge in [-0.3, -0.25) is 0 Å². The van der Waals surface area contributed by atoms with Crippen molar-refractivity contribution in [1.29, 1.82) is 0 Å². The first kappa shape index (κ1) is 23.5. The second-order valence-electron chi connectivity index (χ2n) is 8.08. The Kier molecular flexibility index (Phi) is 6.65. The fourth-order valence-electron chi connectivity index (χ4n) is 2.94. The first-order valence-corrected chi connectivity index (χ1v) is 11.8. The lowest BCUT2D eigenvalue weighted by Crippen LogP contribution is -2.10. The molecule has 1 N–H and O–H groups in total. The molecule has 33 heavy (non-hydrogen) atoms. The van der Waals surface area contributed by atoms with Gasteiger partial charge in [-0.2, -0.15) is 0 Å². The number of halogens is 4. The average molecular weight is 507 g/mol. The third-order valence-electron chi connectivity index (χ3n) is 4.56. The third-order valence-corrected chi connectivity index (χ3v) is 7.17. The molecule has 0 fully saturated rings. The lowest BCUT2D eigenvalue weighted by Gasteiger charge is -2.13. The number of rotatable bonds is 5. The van der Waals surface area contributed by atoms with Crippen LogP contribution in [0.1, 0.15) is 25.8 Å². The highest BCUT2D eigenvalue weighted by molar-refractivity contribution is 8.00. The number of benzene rings is 2. The summed E-state index contributed by atoms with van der Waals surface area (Å²) in [6.45, 7) is 6.04. The summed E-state index contributed by atoms with van der Waals surface area (Å²) < 4.78 is 46.2. The van der Waals surface area contributed by atoms with Gasteiger partial charge in [0.2, 0.25) is 5.28 Å². The van der Waals surface area contributed by atoms with Crippen molar-refractivity contribution >= 4 is 40.6 Å². The van der Waals surface area contributed by atoms with E-state index in [1.807, 2.05) is 20.8 Å². The van der Waals surface area contributed by atoms with Crippen molar-refractivity contribution in [3.05, 3.63) is 76.4 Å². The van der Waals surface area contributed by atoms with Crippen LogP contribution in [-0.4, -0.2) is 15.0 Å². The second kappa shape index (κ2) is 9.32. The Hall–Kier alpha value is -2.62. The molecule has 0 aliphatic heterocycles. The van der Waals surface area contributed by atoms with Crippen molar-refractivity contribution in [3.63, 3.8) is 0 Å². The molecule has 0 saturated heterocycles. The molecule has 0 atom stereocenters. The van der Waals surface area contributed by atoms with Crippen LogP contribution in [-0.2, 0) is 5.41 Å². The van der Waals surface area contributed by atoms with Crippen molar-refractivity contribution in [2.24, 2.45) is 0 Å². The largest absolute Gasteiger partial charge is 0.323 e. The van der Waals surface area contributed by atoms with E-state index in [9.17, 15) is 8.78 Å². The quantitative estimate of drug-likeness (QED) is 0.221. The zero-order valence-corrected chi connectivity index (χ0v) is 20.2. The van der Waals surface area contributed by atoms with Gasteiger partial charge < -0.3 is 4.72 Å². The third kappa shape index (κ3) is 5.00. The van der Waals surface area contributed by atoms with Gasteiger partial charge in [0.25, 0.3) is 0 Å². The van der Waals surface area contributed by atoms with E-state index in [1.54, 1.807) is 18.2 Å². The topological polar surface area (TPSA) is 50.7 Å². The van der Waals surface area contributed by atoms with Crippen LogP contribution >= 0.6 is 34.9 Å². The van der Waals surface area contributed by atoms with Gasteiger partial charge in [-0.1, -0.05) is 32.9 Å². The first-order chi connectivity index (χ1) is 15.6. The second-order valence-corrected chi connectivity index (χ2v) is 10.2. The molecule has 4 rings (SSSR count). The summed E-state index contributed by atoms with van der Waals surface area (Å²) in [7, 11) is 0. The number of nitrogens with zero attached hydrogens (tertiary/aromatic N) is 3. The van der Waals surface area contributed by atoms with Crippen LogP contribution < -0.4 is 4.72 Å². The van der Waals surface area contributed by atoms with Gasteiger partial charge in [-0.25, -0.2) is 28.1 Å². The Morgan fingerprint density at radius 1 is 0.970 bits per heavy atom. The SMILES string of the molecule is CC(C)(C)c1nc(-c2cccc(NSc3c(F)cccc3F)c2F)c(-c2ccnc(Cl)n2)s1. The van der Waals surface area contributed by atoms with E-state index in [4.69, 9.17) is 16.6 Å². The Morgan fingerprint density at radius 3 is 2.33 bits per heavy atom. The van der Waals surface area contributed by atoms with E-state index >= 15 is 4.39 Å². The Morgan fingerprint density at radius 2 is 1.67 bits per heavy atom. The van der Waals surface area contributed by atoms with E-state index in [2.05, 4.69) is 14.7 Å². The highest BCUT2D eigenvalue weighted by Gasteiger charge is 2.26. The first-order valence-electron chi connectivity index (χ1n) is 9.81. The van der Waals surface area contributed by atoms with Crippen molar-refractivity contribution in [1.82, 2.24) is 15.0 Å². The lowest BCUT2D eigenvalue weighted by molar-refractivity contribution is 0.541. The molecule has 0 bridgehead atoms. The summed E-state index contributed by atoms with van der Waals surface area (Å²) in [6, 6.07) is 9.97. The minimum absolute atomic E-state index is 0.0668. The number of hydrogen-bond acceptors (Lipinski definition) is 6.